The molecule has 0 saturated carbocycles. The van der Waals surface area contributed by atoms with E-state index in [1.807, 2.05) is 20.8 Å². The van der Waals surface area contributed by atoms with E-state index >= 15 is 0 Å². The molecule has 0 unspecified atom stereocenters. The number of hydrogen-bond acceptors (Lipinski definition) is 3. The van der Waals surface area contributed by atoms with Gasteiger partial charge in [0.15, 0.2) is 0 Å². The lowest BCUT2D eigenvalue weighted by molar-refractivity contribution is -0.148. The Morgan fingerprint density at radius 3 is 1.87 bits per heavy atom. The Labute approximate surface area is 90.2 Å². The van der Waals surface area contributed by atoms with Gasteiger partial charge in [0.1, 0.15) is 5.60 Å². The lowest BCUT2D eigenvalue weighted by atomic mass is 10.2. The van der Waals surface area contributed by atoms with E-state index in [0.717, 1.165) is 12.2 Å². The smallest absolute Gasteiger partial charge is 0.330 e. The van der Waals surface area contributed by atoms with Crippen LogP contribution in [0.25, 0.3) is 0 Å². The minimum atomic E-state index is -0.891. The van der Waals surface area contributed by atoms with Crippen LogP contribution in [0.5, 0.6) is 0 Å². The number of allylic oxidation sites excluding steroid dienone is 1. The summed E-state index contributed by atoms with van der Waals surface area (Å²) in [4.78, 5) is 20.0. The van der Waals surface area contributed by atoms with E-state index in [1.54, 1.807) is 6.92 Å². The van der Waals surface area contributed by atoms with E-state index in [2.05, 4.69) is 6.58 Å². The topological polar surface area (TPSA) is 63.6 Å². The molecule has 0 bridgehead atoms. The van der Waals surface area contributed by atoms with Gasteiger partial charge in [0, 0.05) is 12.2 Å². The molecule has 0 rings (SSSR count). The Morgan fingerprint density at radius 2 is 1.80 bits per heavy atom. The summed E-state index contributed by atoms with van der Waals surface area (Å²) in [6.07, 6.45) is 3.72. The largest absolute Gasteiger partial charge is 0.478 e. The third-order valence-electron chi connectivity index (χ3n) is 0.883. The van der Waals surface area contributed by atoms with Crippen molar-refractivity contribution in [2.45, 2.75) is 33.3 Å². The molecular formula is C11H18O4. The van der Waals surface area contributed by atoms with Gasteiger partial charge in [0.05, 0.1) is 0 Å². The van der Waals surface area contributed by atoms with Gasteiger partial charge in [-0.3, -0.25) is 0 Å². The number of carbonyl (C=O) groups excluding carboxylic acids is 1. The fourth-order valence-corrected chi connectivity index (χ4v) is 0.486. The van der Waals surface area contributed by atoms with Crippen molar-refractivity contribution in [3.63, 3.8) is 0 Å². The number of rotatable bonds is 2. The van der Waals surface area contributed by atoms with Gasteiger partial charge in [-0.1, -0.05) is 12.7 Å². The van der Waals surface area contributed by atoms with Crippen molar-refractivity contribution in [2.24, 2.45) is 0 Å². The van der Waals surface area contributed by atoms with Gasteiger partial charge >= 0.3 is 11.9 Å². The summed E-state index contributed by atoms with van der Waals surface area (Å²) >= 11 is 0. The number of aliphatic carboxylic acids is 1. The molecular weight excluding hydrogens is 196 g/mol. The van der Waals surface area contributed by atoms with Crippen LogP contribution >= 0.6 is 0 Å². The van der Waals surface area contributed by atoms with Crippen molar-refractivity contribution in [1.82, 2.24) is 0 Å². The Morgan fingerprint density at radius 1 is 1.33 bits per heavy atom. The second kappa shape index (κ2) is 7.79. The van der Waals surface area contributed by atoms with E-state index in [-0.39, 0.29) is 5.97 Å². The highest BCUT2D eigenvalue weighted by molar-refractivity contribution is 5.81. The van der Waals surface area contributed by atoms with Crippen LogP contribution in [-0.2, 0) is 14.3 Å². The summed E-state index contributed by atoms with van der Waals surface area (Å²) < 4.78 is 4.83. The minimum Gasteiger partial charge on any atom is -0.478 e. The maximum atomic E-state index is 10.5. The van der Waals surface area contributed by atoms with Gasteiger partial charge in [-0.2, -0.15) is 0 Å². The monoisotopic (exact) mass is 214 g/mol. The second-order valence-corrected chi connectivity index (χ2v) is 3.58. The molecule has 4 nitrogen and oxygen atoms in total. The average Bonchev–Trinajstić information content (AvgIpc) is 2.01. The number of ether oxygens (including phenoxy) is 1. The van der Waals surface area contributed by atoms with Gasteiger partial charge in [-0.15, -0.1) is 0 Å². The number of esters is 1. The molecule has 0 saturated heterocycles. The molecule has 0 atom stereocenters. The van der Waals surface area contributed by atoms with E-state index in [9.17, 15) is 9.59 Å². The third-order valence-corrected chi connectivity index (χ3v) is 0.883. The fourth-order valence-electron chi connectivity index (χ4n) is 0.486. The standard InChI is InChI=1S/C7H12O2.C4H6O2/c1-5-6(8)9-7(2,3)4;1-2-3-4(5)6/h5H,1H2,2-4H3;2-3H,1H3,(H,5,6). The number of hydrogen-bond donors (Lipinski definition) is 1. The highest BCUT2D eigenvalue weighted by atomic mass is 16.6. The summed E-state index contributed by atoms with van der Waals surface area (Å²) in [5, 5.41) is 7.83. The van der Waals surface area contributed by atoms with E-state index in [0.29, 0.717) is 0 Å². The Hall–Kier alpha value is -1.58. The van der Waals surface area contributed by atoms with Gasteiger partial charge in [-0.25, -0.2) is 9.59 Å². The predicted octanol–water partition coefficient (Wildman–Crippen LogP) is 2.16. The van der Waals surface area contributed by atoms with Crippen LogP contribution in [-0.4, -0.2) is 22.6 Å². The number of carbonyl (C=O) groups is 2. The Balaban J connectivity index is 0. The quantitative estimate of drug-likeness (QED) is 0.565. The lowest BCUT2D eigenvalue weighted by Gasteiger charge is -2.17. The van der Waals surface area contributed by atoms with Crippen LogP contribution in [0, 0.1) is 0 Å². The zero-order chi connectivity index (χ0) is 12.5. The molecule has 0 aliphatic carbocycles. The Bertz CT molecular complexity index is 246. The summed E-state index contributed by atoms with van der Waals surface area (Å²) in [6, 6.07) is 0. The van der Waals surface area contributed by atoms with Crippen molar-refractivity contribution in [1.29, 1.82) is 0 Å². The number of carboxylic acids is 1. The molecule has 0 aromatic rings. The first-order chi connectivity index (χ1) is 6.72. The second-order valence-electron chi connectivity index (χ2n) is 3.58. The first-order valence-corrected chi connectivity index (χ1v) is 4.44. The van der Waals surface area contributed by atoms with Crippen molar-refractivity contribution in [2.75, 3.05) is 0 Å². The van der Waals surface area contributed by atoms with Crippen LogP contribution in [0.2, 0.25) is 0 Å². The molecule has 0 aliphatic rings. The first-order valence-electron chi connectivity index (χ1n) is 4.44. The minimum absolute atomic E-state index is 0.373. The van der Waals surface area contributed by atoms with Crippen LogP contribution in [0.3, 0.4) is 0 Å². The Kier molecular flexibility index (Phi) is 8.24. The SMILES string of the molecule is C=CC(=O)OC(C)(C)C.CC=CC(=O)O. The van der Waals surface area contributed by atoms with Crippen LogP contribution in [0.4, 0.5) is 0 Å². The fraction of sp³-hybridized carbons (Fsp3) is 0.455. The molecule has 0 spiro atoms. The molecule has 0 fully saturated rings. The molecule has 0 amide bonds. The van der Waals surface area contributed by atoms with E-state index in [4.69, 9.17) is 9.84 Å². The van der Waals surface area contributed by atoms with Gasteiger partial charge in [0.2, 0.25) is 0 Å². The maximum Gasteiger partial charge on any atom is 0.330 e. The normalized spacial score (nSPS) is 10.1. The first kappa shape index (κ1) is 15.9. The molecule has 0 aromatic heterocycles. The summed E-state index contributed by atoms with van der Waals surface area (Å²) in [7, 11) is 0. The molecule has 0 radical (unpaired) electrons. The third kappa shape index (κ3) is 19.0. The zero-order valence-electron chi connectivity index (χ0n) is 9.61. The van der Waals surface area contributed by atoms with Gasteiger partial charge < -0.3 is 9.84 Å². The summed E-state index contributed by atoms with van der Waals surface area (Å²) in [6.45, 7) is 10.4. The molecule has 1 N–H and O–H groups in total. The number of carboxylic acid groups (broad SMARTS) is 1. The van der Waals surface area contributed by atoms with Crippen molar-refractivity contribution in [3.05, 3.63) is 24.8 Å². The highest BCUT2D eigenvalue weighted by Gasteiger charge is 2.12. The van der Waals surface area contributed by atoms with Gasteiger partial charge in [-0.05, 0) is 27.7 Å². The molecule has 0 heterocycles. The molecule has 86 valence electrons. The van der Waals surface area contributed by atoms with E-state index < -0.39 is 11.6 Å². The van der Waals surface area contributed by atoms with E-state index in [1.165, 1.54) is 6.08 Å². The van der Waals surface area contributed by atoms with Crippen molar-refractivity contribution < 1.29 is 19.4 Å². The summed E-state index contributed by atoms with van der Waals surface area (Å²) in [5.41, 5.74) is -0.398. The lowest BCUT2D eigenvalue weighted by Crippen LogP contribution is -2.22. The van der Waals surface area contributed by atoms with Crippen molar-refractivity contribution >= 4 is 11.9 Å². The zero-order valence-corrected chi connectivity index (χ0v) is 9.61. The average molecular weight is 214 g/mol. The van der Waals surface area contributed by atoms with Crippen LogP contribution in [0.15, 0.2) is 24.8 Å². The predicted molar refractivity (Wildman–Crippen MR) is 58.5 cm³/mol. The molecule has 15 heavy (non-hydrogen) atoms. The van der Waals surface area contributed by atoms with Crippen molar-refractivity contribution in [3.8, 4) is 0 Å². The summed E-state index contributed by atoms with van der Waals surface area (Å²) in [5.74, 6) is -1.26. The highest BCUT2D eigenvalue weighted by Crippen LogP contribution is 2.06. The maximum absolute atomic E-state index is 10.5. The molecule has 4 heteroatoms. The molecule has 0 aliphatic heterocycles. The van der Waals surface area contributed by atoms with Crippen LogP contribution in [0.1, 0.15) is 27.7 Å². The van der Waals surface area contributed by atoms with Gasteiger partial charge in [0.25, 0.3) is 0 Å². The van der Waals surface area contributed by atoms with Crippen LogP contribution < -0.4 is 0 Å². The molecule has 0 aromatic carbocycles.